The highest BCUT2D eigenvalue weighted by molar-refractivity contribution is 7.89. The maximum absolute atomic E-state index is 12.7. The van der Waals surface area contributed by atoms with Crippen molar-refractivity contribution in [2.24, 2.45) is 11.0 Å². The second kappa shape index (κ2) is 8.33. The number of nitrogens with one attached hydrogen (secondary N) is 1. The average molecular weight is 406 g/mol. The molecule has 0 atom stereocenters. The van der Waals surface area contributed by atoms with Gasteiger partial charge in [-0.05, 0) is 50.3 Å². The zero-order chi connectivity index (χ0) is 19.4. The molecular formula is C19H23N3O3S2. The van der Waals surface area contributed by atoms with E-state index in [0.717, 1.165) is 16.2 Å². The number of sulfonamides is 1. The van der Waals surface area contributed by atoms with Gasteiger partial charge in [0.1, 0.15) is 0 Å². The van der Waals surface area contributed by atoms with E-state index >= 15 is 0 Å². The first kappa shape index (κ1) is 19.7. The Morgan fingerprint density at radius 3 is 2.44 bits per heavy atom. The minimum absolute atomic E-state index is 0.154. The molecule has 0 radical (unpaired) electrons. The van der Waals surface area contributed by atoms with Crippen LogP contribution in [0, 0.1) is 12.8 Å². The van der Waals surface area contributed by atoms with Crippen molar-refractivity contribution in [2.75, 3.05) is 13.1 Å². The highest BCUT2D eigenvalue weighted by Crippen LogP contribution is 2.24. The van der Waals surface area contributed by atoms with E-state index in [4.69, 9.17) is 0 Å². The molecule has 1 saturated heterocycles. The van der Waals surface area contributed by atoms with E-state index in [0.29, 0.717) is 30.8 Å². The Balaban J connectivity index is 1.57. The first-order valence-electron chi connectivity index (χ1n) is 8.83. The van der Waals surface area contributed by atoms with Crippen molar-refractivity contribution < 1.29 is 13.2 Å². The van der Waals surface area contributed by atoms with Crippen molar-refractivity contribution in [3.8, 4) is 0 Å². The van der Waals surface area contributed by atoms with Crippen LogP contribution in [0.3, 0.4) is 0 Å². The zero-order valence-corrected chi connectivity index (χ0v) is 17.0. The molecule has 0 spiro atoms. The van der Waals surface area contributed by atoms with Gasteiger partial charge in [0.2, 0.25) is 15.9 Å². The van der Waals surface area contributed by atoms with Gasteiger partial charge in [-0.25, -0.2) is 13.8 Å². The van der Waals surface area contributed by atoms with Gasteiger partial charge in [-0.3, -0.25) is 4.79 Å². The summed E-state index contributed by atoms with van der Waals surface area (Å²) < 4.78 is 26.9. The summed E-state index contributed by atoms with van der Waals surface area (Å²) in [6.07, 6.45) is 0.981. The lowest BCUT2D eigenvalue weighted by Gasteiger charge is -2.30. The summed E-state index contributed by atoms with van der Waals surface area (Å²) in [5.41, 5.74) is 4.40. The third-order valence-electron chi connectivity index (χ3n) is 4.70. The molecule has 1 aliphatic heterocycles. The largest absolute Gasteiger partial charge is 0.273 e. The Hall–Kier alpha value is -2.03. The fourth-order valence-electron chi connectivity index (χ4n) is 2.99. The molecular weight excluding hydrogens is 382 g/mol. The van der Waals surface area contributed by atoms with Gasteiger partial charge in [-0.1, -0.05) is 23.8 Å². The van der Waals surface area contributed by atoms with E-state index in [2.05, 4.69) is 10.5 Å². The minimum Gasteiger partial charge on any atom is -0.273 e. The third kappa shape index (κ3) is 4.63. The van der Waals surface area contributed by atoms with Crippen LogP contribution in [0.2, 0.25) is 0 Å². The number of hydrazone groups is 1. The van der Waals surface area contributed by atoms with Crippen molar-refractivity contribution in [3.05, 3.63) is 52.2 Å². The molecule has 3 rings (SSSR count). The van der Waals surface area contributed by atoms with Crippen LogP contribution in [0.4, 0.5) is 0 Å². The molecule has 2 heterocycles. The quantitative estimate of drug-likeness (QED) is 0.613. The number of thiophene rings is 1. The molecule has 27 heavy (non-hydrogen) atoms. The van der Waals surface area contributed by atoms with E-state index < -0.39 is 10.0 Å². The highest BCUT2D eigenvalue weighted by Gasteiger charge is 2.32. The molecule has 8 heteroatoms. The van der Waals surface area contributed by atoms with Crippen LogP contribution in [0.1, 0.15) is 30.2 Å². The number of benzene rings is 1. The van der Waals surface area contributed by atoms with Crippen LogP contribution in [-0.4, -0.2) is 37.4 Å². The van der Waals surface area contributed by atoms with Crippen molar-refractivity contribution in [3.63, 3.8) is 0 Å². The van der Waals surface area contributed by atoms with Gasteiger partial charge in [0.05, 0.1) is 10.6 Å². The van der Waals surface area contributed by atoms with Gasteiger partial charge >= 0.3 is 0 Å². The summed E-state index contributed by atoms with van der Waals surface area (Å²) >= 11 is 1.56. The number of piperidine rings is 1. The smallest absolute Gasteiger partial charge is 0.243 e. The molecule has 1 N–H and O–H groups in total. The number of carbonyl (C=O) groups is 1. The fourth-order valence-corrected chi connectivity index (χ4v) is 5.13. The van der Waals surface area contributed by atoms with Crippen molar-refractivity contribution in [1.82, 2.24) is 9.73 Å². The Morgan fingerprint density at radius 1 is 1.19 bits per heavy atom. The summed E-state index contributed by atoms with van der Waals surface area (Å²) in [5, 5.41) is 6.12. The fraction of sp³-hybridized carbons (Fsp3) is 0.368. The van der Waals surface area contributed by atoms with E-state index in [1.807, 2.05) is 31.4 Å². The summed E-state index contributed by atoms with van der Waals surface area (Å²) in [7, 11) is -3.51. The van der Waals surface area contributed by atoms with Crippen LogP contribution in [0.5, 0.6) is 0 Å². The van der Waals surface area contributed by atoms with E-state index in [1.165, 1.54) is 4.31 Å². The van der Waals surface area contributed by atoms with Gasteiger partial charge in [0, 0.05) is 23.9 Å². The van der Waals surface area contributed by atoms with Gasteiger partial charge in [0.15, 0.2) is 0 Å². The molecule has 0 saturated carbocycles. The second-order valence-electron chi connectivity index (χ2n) is 6.64. The molecule has 0 unspecified atom stereocenters. The minimum atomic E-state index is -3.51. The normalized spacial score (nSPS) is 17.0. The molecule has 1 aromatic heterocycles. The number of rotatable bonds is 5. The van der Waals surface area contributed by atoms with Crippen LogP contribution in [0.15, 0.2) is 51.8 Å². The van der Waals surface area contributed by atoms with Crippen LogP contribution in [0.25, 0.3) is 0 Å². The molecule has 2 aromatic rings. The number of nitrogens with zero attached hydrogens (tertiary/aromatic N) is 2. The standard InChI is InChI=1S/C19H23N3O3S2/c1-14-5-7-17(8-6-14)27(24,25)22-11-9-16(10-12-22)19(23)21-20-15(2)18-4-3-13-26-18/h3-8,13,16H,9-12H2,1-2H3,(H,21,23)/b20-15-. The Labute approximate surface area is 164 Å². The molecule has 6 nitrogen and oxygen atoms in total. The summed E-state index contributed by atoms with van der Waals surface area (Å²) in [6, 6.07) is 10.7. The lowest BCUT2D eigenvalue weighted by molar-refractivity contribution is -0.126. The Kier molecular flexibility index (Phi) is 6.08. The van der Waals surface area contributed by atoms with Crippen LogP contribution >= 0.6 is 11.3 Å². The monoisotopic (exact) mass is 405 g/mol. The van der Waals surface area contributed by atoms with E-state index in [1.54, 1.807) is 35.6 Å². The van der Waals surface area contributed by atoms with E-state index in [9.17, 15) is 13.2 Å². The molecule has 1 aromatic carbocycles. The maximum atomic E-state index is 12.7. The lowest BCUT2D eigenvalue weighted by atomic mass is 9.98. The average Bonchev–Trinajstić information content (AvgIpc) is 3.21. The number of amides is 1. The number of aryl methyl sites for hydroxylation is 1. The number of hydrogen-bond acceptors (Lipinski definition) is 5. The molecule has 0 aliphatic carbocycles. The molecule has 144 valence electrons. The van der Waals surface area contributed by atoms with Gasteiger partial charge in [-0.15, -0.1) is 11.3 Å². The molecule has 0 bridgehead atoms. The van der Waals surface area contributed by atoms with Crippen molar-refractivity contribution >= 4 is 33.0 Å². The first-order chi connectivity index (χ1) is 12.9. The summed E-state index contributed by atoms with van der Waals surface area (Å²) in [5.74, 6) is -0.382. The summed E-state index contributed by atoms with van der Waals surface area (Å²) in [4.78, 5) is 13.7. The number of hydrogen-bond donors (Lipinski definition) is 1. The Bertz CT molecular complexity index is 912. The van der Waals surface area contributed by atoms with Crippen molar-refractivity contribution in [1.29, 1.82) is 0 Å². The SMILES string of the molecule is C/C(=N/NC(=O)C1CCN(S(=O)(=O)c2ccc(C)cc2)CC1)c1cccs1. The molecule has 1 aliphatic rings. The third-order valence-corrected chi connectivity index (χ3v) is 7.59. The predicted molar refractivity (Wildman–Crippen MR) is 107 cm³/mol. The first-order valence-corrected chi connectivity index (χ1v) is 11.1. The van der Waals surface area contributed by atoms with E-state index in [-0.39, 0.29) is 11.8 Å². The van der Waals surface area contributed by atoms with Crippen molar-refractivity contribution in [2.45, 2.75) is 31.6 Å². The van der Waals surface area contributed by atoms with Crippen LogP contribution < -0.4 is 5.43 Å². The molecule has 1 fully saturated rings. The molecule has 1 amide bonds. The van der Waals surface area contributed by atoms with Gasteiger partial charge in [0.25, 0.3) is 0 Å². The highest BCUT2D eigenvalue weighted by atomic mass is 32.2. The Morgan fingerprint density at radius 2 is 1.85 bits per heavy atom. The summed E-state index contributed by atoms with van der Waals surface area (Å²) in [6.45, 7) is 4.44. The van der Waals surface area contributed by atoms with Gasteiger partial charge < -0.3 is 0 Å². The second-order valence-corrected chi connectivity index (χ2v) is 9.53. The van der Waals surface area contributed by atoms with Crippen LogP contribution in [-0.2, 0) is 14.8 Å². The maximum Gasteiger partial charge on any atom is 0.243 e. The number of carbonyl (C=O) groups excluding carboxylic acids is 1. The van der Waals surface area contributed by atoms with Gasteiger partial charge in [-0.2, -0.15) is 9.41 Å². The topological polar surface area (TPSA) is 78.8 Å². The predicted octanol–water partition coefficient (Wildman–Crippen LogP) is 3.00. The lowest BCUT2D eigenvalue weighted by Crippen LogP contribution is -2.42. The zero-order valence-electron chi connectivity index (χ0n) is 15.4.